The molecule has 20 heavy (non-hydrogen) atoms. The smallest absolute Gasteiger partial charge is 0.308 e. The van der Waals surface area contributed by atoms with Crippen LogP contribution in [-0.4, -0.2) is 27.9 Å². The fraction of sp³-hybridized carbons (Fsp3) is 0.600. The monoisotopic (exact) mass is 293 g/mol. The second-order valence-electron chi connectivity index (χ2n) is 5.83. The summed E-state index contributed by atoms with van der Waals surface area (Å²) in [6, 6.07) is 2.05. The number of aryl methyl sites for hydroxylation is 2. The highest BCUT2D eigenvalue weighted by atomic mass is 32.1. The zero-order valence-corrected chi connectivity index (χ0v) is 12.6. The van der Waals surface area contributed by atoms with Crippen molar-refractivity contribution in [1.82, 2.24) is 4.90 Å². The Morgan fingerprint density at radius 3 is 2.55 bits per heavy atom. The van der Waals surface area contributed by atoms with Gasteiger partial charge in [-0.2, -0.15) is 0 Å². The minimum atomic E-state index is -0.781. The zero-order valence-electron chi connectivity index (χ0n) is 11.8. The number of rotatable bonds is 3. The minimum absolute atomic E-state index is 0.123. The molecule has 2 unspecified atom stereocenters. The summed E-state index contributed by atoms with van der Waals surface area (Å²) in [4.78, 5) is 28.1. The van der Waals surface area contributed by atoms with Crippen molar-refractivity contribution < 1.29 is 14.7 Å². The van der Waals surface area contributed by atoms with E-state index in [0.29, 0.717) is 12.8 Å². The van der Waals surface area contributed by atoms with Crippen molar-refractivity contribution in [3.63, 3.8) is 0 Å². The molecule has 0 radical (unpaired) electrons. The van der Waals surface area contributed by atoms with Gasteiger partial charge in [0.25, 0.3) is 0 Å². The molecule has 4 nitrogen and oxygen atoms in total. The zero-order chi connectivity index (χ0) is 14.4. The molecule has 0 spiro atoms. The maximum atomic E-state index is 12.3. The van der Waals surface area contributed by atoms with Gasteiger partial charge < -0.3 is 10.0 Å². The van der Waals surface area contributed by atoms with Gasteiger partial charge in [0.05, 0.1) is 12.0 Å². The third kappa shape index (κ3) is 2.24. The first-order valence-corrected chi connectivity index (χ1v) is 7.91. The second-order valence-corrected chi connectivity index (χ2v) is 7.29. The van der Waals surface area contributed by atoms with E-state index in [9.17, 15) is 14.7 Å². The fourth-order valence-electron chi connectivity index (χ4n) is 3.27. The molecule has 5 heteroatoms. The van der Waals surface area contributed by atoms with Crippen LogP contribution in [0.5, 0.6) is 0 Å². The molecular weight excluding hydrogens is 274 g/mol. The highest BCUT2D eigenvalue weighted by molar-refractivity contribution is 7.12. The Hall–Kier alpha value is -1.36. The van der Waals surface area contributed by atoms with Gasteiger partial charge in [0, 0.05) is 22.2 Å². The van der Waals surface area contributed by atoms with Crippen molar-refractivity contribution in [1.29, 1.82) is 0 Å². The average molecular weight is 293 g/mol. The first-order valence-electron chi connectivity index (χ1n) is 7.10. The summed E-state index contributed by atoms with van der Waals surface area (Å²) in [6.07, 6.45) is 2.84. The lowest BCUT2D eigenvalue weighted by Gasteiger charge is -2.40. The first-order chi connectivity index (χ1) is 9.49. The molecule has 0 aromatic carbocycles. The van der Waals surface area contributed by atoms with Crippen LogP contribution in [0.1, 0.15) is 47.0 Å². The number of piperidine rings is 1. The van der Waals surface area contributed by atoms with E-state index in [1.807, 2.05) is 18.7 Å². The van der Waals surface area contributed by atoms with E-state index in [4.69, 9.17) is 0 Å². The van der Waals surface area contributed by atoms with Gasteiger partial charge in [0.1, 0.15) is 0 Å². The number of hydrogen-bond donors (Lipinski definition) is 1. The van der Waals surface area contributed by atoms with Crippen molar-refractivity contribution in [3.8, 4) is 0 Å². The number of carbonyl (C=O) groups is 2. The Kier molecular flexibility index (Phi) is 3.32. The SMILES string of the molecule is Cc1cc(C2C(C(=O)O)CCC(=O)N2C2CC2)c(C)s1. The average Bonchev–Trinajstić information content (AvgIpc) is 3.14. The summed E-state index contributed by atoms with van der Waals surface area (Å²) in [5.74, 6) is -1.13. The van der Waals surface area contributed by atoms with Gasteiger partial charge in [0.15, 0.2) is 0 Å². The lowest BCUT2D eigenvalue weighted by molar-refractivity contribution is -0.152. The normalized spacial score (nSPS) is 26.9. The predicted molar refractivity (Wildman–Crippen MR) is 76.8 cm³/mol. The molecule has 2 fully saturated rings. The quantitative estimate of drug-likeness (QED) is 0.932. The number of thiophene rings is 1. The van der Waals surface area contributed by atoms with E-state index in [1.165, 1.54) is 4.88 Å². The molecular formula is C15H19NO3S. The molecule has 2 heterocycles. The Morgan fingerprint density at radius 2 is 2.05 bits per heavy atom. The van der Waals surface area contributed by atoms with Gasteiger partial charge >= 0.3 is 5.97 Å². The van der Waals surface area contributed by atoms with E-state index < -0.39 is 11.9 Å². The Bertz CT molecular complexity index is 561. The van der Waals surface area contributed by atoms with Crippen LogP contribution < -0.4 is 0 Å². The lowest BCUT2D eigenvalue weighted by Crippen LogP contribution is -2.46. The molecule has 1 saturated carbocycles. The van der Waals surface area contributed by atoms with Gasteiger partial charge in [-0.1, -0.05) is 0 Å². The topological polar surface area (TPSA) is 57.6 Å². The maximum absolute atomic E-state index is 12.3. The largest absolute Gasteiger partial charge is 0.481 e. The highest BCUT2D eigenvalue weighted by Gasteiger charge is 2.47. The van der Waals surface area contributed by atoms with E-state index in [2.05, 4.69) is 6.07 Å². The van der Waals surface area contributed by atoms with Gasteiger partial charge in [-0.15, -0.1) is 11.3 Å². The van der Waals surface area contributed by atoms with E-state index in [0.717, 1.165) is 23.3 Å². The third-order valence-corrected chi connectivity index (χ3v) is 5.28. The summed E-state index contributed by atoms with van der Waals surface area (Å²) in [5.41, 5.74) is 1.04. The molecule has 3 rings (SSSR count). The number of amides is 1. The molecule has 1 saturated heterocycles. The first kappa shape index (κ1) is 13.6. The molecule has 108 valence electrons. The van der Waals surface area contributed by atoms with Crippen LogP contribution in [0.15, 0.2) is 6.07 Å². The highest BCUT2D eigenvalue weighted by Crippen LogP contribution is 2.45. The summed E-state index contributed by atoms with van der Waals surface area (Å²) in [7, 11) is 0. The molecule has 1 aromatic heterocycles. The van der Waals surface area contributed by atoms with Crippen molar-refractivity contribution in [2.45, 2.75) is 51.6 Å². The van der Waals surface area contributed by atoms with E-state index >= 15 is 0 Å². The fourth-order valence-corrected chi connectivity index (χ4v) is 4.23. The van der Waals surface area contributed by atoms with Crippen LogP contribution in [0.2, 0.25) is 0 Å². The number of nitrogens with zero attached hydrogens (tertiary/aromatic N) is 1. The number of carboxylic acid groups (broad SMARTS) is 1. The summed E-state index contributed by atoms with van der Waals surface area (Å²) in [6.45, 7) is 4.05. The van der Waals surface area contributed by atoms with Gasteiger partial charge in [-0.3, -0.25) is 9.59 Å². The number of hydrogen-bond acceptors (Lipinski definition) is 3. The van der Waals surface area contributed by atoms with Crippen LogP contribution in [0.3, 0.4) is 0 Å². The van der Waals surface area contributed by atoms with Crippen LogP contribution in [-0.2, 0) is 9.59 Å². The molecule has 2 aliphatic rings. The Morgan fingerprint density at radius 1 is 1.35 bits per heavy atom. The predicted octanol–water partition coefficient (Wildman–Crippen LogP) is 2.89. The van der Waals surface area contributed by atoms with E-state index in [1.54, 1.807) is 11.3 Å². The lowest BCUT2D eigenvalue weighted by atomic mass is 9.84. The number of likely N-dealkylation sites (tertiary alicyclic amines) is 1. The van der Waals surface area contributed by atoms with Crippen molar-refractivity contribution in [2.24, 2.45) is 5.92 Å². The van der Waals surface area contributed by atoms with Crippen LogP contribution in [0.4, 0.5) is 0 Å². The van der Waals surface area contributed by atoms with Crippen LogP contribution in [0, 0.1) is 19.8 Å². The molecule has 1 aliphatic carbocycles. The molecule has 1 aliphatic heterocycles. The standard InChI is InChI=1S/C15H19NO3S/c1-8-7-12(9(2)20-8)14-11(15(18)19)5-6-13(17)16(14)10-3-4-10/h7,10-11,14H,3-6H2,1-2H3,(H,18,19). The van der Waals surface area contributed by atoms with Crippen LogP contribution >= 0.6 is 11.3 Å². The van der Waals surface area contributed by atoms with Crippen molar-refractivity contribution >= 4 is 23.2 Å². The van der Waals surface area contributed by atoms with Gasteiger partial charge in [-0.05, 0) is 44.7 Å². The van der Waals surface area contributed by atoms with Crippen molar-refractivity contribution in [2.75, 3.05) is 0 Å². The van der Waals surface area contributed by atoms with Crippen LogP contribution in [0.25, 0.3) is 0 Å². The van der Waals surface area contributed by atoms with Gasteiger partial charge in [0.2, 0.25) is 5.91 Å². The minimum Gasteiger partial charge on any atom is -0.481 e. The molecule has 1 aromatic rings. The molecule has 2 atom stereocenters. The summed E-state index contributed by atoms with van der Waals surface area (Å²) < 4.78 is 0. The Balaban J connectivity index is 2.04. The molecule has 1 N–H and O–H groups in total. The third-order valence-electron chi connectivity index (χ3n) is 4.29. The Labute approximate surface area is 122 Å². The molecule has 1 amide bonds. The molecule has 0 bridgehead atoms. The van der Waals surface area contributed by atoms with E-state index in [-0.39, 0.29) is 18.0 Å². The summed E-state index contributed by atoms with van der Waals surface area (Å²) >= 11 is 1.68. The number of carbonyl (C=O) groups excluding carboxylic acids is 1. The number of carboxylic acids is 1. The second kappa shape index (κ2) is 4.88. The maximum Gasteiger partial charge on any atom is 0.308 e. The van der Waals surface area contributed by atoms with Crippen molar-refractivity contribution in [3.05, 3.63) is 21.4 Å². The summed E-state index contributed by atoms with van der Waals surface area (Å²) in [5, 5.41) is 9.54. The van der Waals surface area contributed by atoms with Gasteiger partial charge in [-0.25, -0.2) is 0 Å². The number of aliphatic carboxylic acids is 1.